The molecule has 2 aliphatic rings. The molecular weight excluding hydrogens is 368 g/mol. The van der Waals surface area contributed by atoms with Crippen molar-refractivity contribution in [2.45, 2.75) is 51.5 Å². The third-order valence-electron chi connectivity index (χ3n) is 5.86. The van der Waals surface area contributed by atoms with Crippen molar-refractivity contribution in [2.75, 3.05) is 11.9 Å². The Hall–Kier alpha value is -2.96. The lowest BCUT2D eigenvalue weighted by molar-refractivity contribution is -0.129. The van der Waals surface area contributed by atoms with E-state index in [9.17, 15) is 14.4 Å². The molecule has 2 fully saturated rings. The number of H-pyrrole nitrogens is 1. The number of nitrogens with one attached hydrogen (secondary N) is 2. The van der Waals surface area contributed by atoms with E-state index < -0.39 is 0 Å². The van der Waals surface area contributed by atoms with Gasteiger partial charge in [0, 0.05) is 42.0 Å². The summed E-state index contributed by atoms with van der Waals surface area (Å²) in [5.74, 6) is 0.103. The maximum Gasteiger partial charge on any atom is 0.251 e. The zero-order valence-electron chi connectivity index (χ0n) is 16.6. The molecule has 4 rings (SSSR count). The predicted octanol–water partition coefficient (Wildman–Crippen LogP) is 2.73. The molecule has 1 aromatic carbocycles. The fourth-order valence-electron chi connectivity index (χ4n) is 4.29. The zero-order chi connectivity index (χ0) is 20.4. The number of benzene rings is 1. The summed E-state index contributed by atoms with van der Waals surface area (Å²) < 4.78 is 0. The molecule has 1 unspecified atom stereocenters. The summed E-state index contributed by atoms with van der Waals surface area (Å²) in [6, 6.07) is 9.04. The van der Waals surface area contributed by atoms with Crippen LogP contribution in [0, 0.1) is 5.92 Å². The van der Waals surface area contributed by atoms with Crippen LogP contribution in [-0.4, -0.2) is 39.3 Å². The molecule has 1 saturated carbocycles. The molecule has 29 heavy (non-hydrogen) atoms. The fraction of sp³-hybridized carbons (Fsp3) is 0.455. The quantitative estimate of drug-likeness (QED) is 0.815. The minimum atomic E-state index is -0.326. The number of carbonyl (C=O) groups excluding carboxylic acids is 2. The molecule has 1 saturated heterocycles. The highest BCUT2D eigenvalue weighted by Crippen LogP contribution is 2.30. The highest BCUT2D eigenvalue weighted by Gasteiger charge is 2.38. The molecule has 0 spiro atoms. The van der Waals surface area contributed by atoms with Gasteiger partial charge < -0.3 is 15.2 Å². The van der Waals surface area contributed by atoms with Gasteiger partial charge in [-0.15, -0.1) is 0 Å². The van der Waals surface area contributed by atoms with E-state index in [1.54, 1.807) is 12.1 Å². The first-order valence-corrected chi connectivity index (χ1v) is 10.3. The summed E-state index contributed by atoms with van der Waals surface area (Å²) in [5.41, 5.74) is 1.88. The topological polar surface area (TPSA) is 95.2 Å². The second-order valence-corrected chi connectivity index (χ2v) is 7.89. The molecule has 7 heteroatoms. The summed E-state index contributed by atoms with van der Waals surface area (Å²) in [6.45, 7) is 2.45. The van der Waals surface area contributed by atoms with E-state index >= 15 is 0 Å². The Bertz CT molecular complexity index is 978. The van der Waals surface area contributed by atoms with Gasteiger partial charge in [-0.05, 0) is 31.4 Å². The molecule has 2 N–H and O–H groups in total. The first kappa shape index (κ1) is 19.4. The van der Waals surface area contributed by atoms with Crippen LogP contribution in [0.5, 0.6) is 0 Å². The lowest BCUT2D eigenvalue weighted by atomic mass is 10.1. The normalized spacial score (nSPS) is 19.7. The van der Waals surface area contributed by atoms with Crippen LogP contribution in [0.4, 0.5) is 5.69 Å². The number of aryl methyl sites for hydroxylation is 1. The van der Waals surface area contributed by atoms with Gasteiger partial charge in [-0.2, -0.15) is 0 Å². The maximum atomic E-state index is 12.8. The van der Waals surface area contributed by atoms with Gasteiger partial charge >= 0.3 is 0 Å². The molecule has 152 valence electrons. The van der Waals surface area contributed by atoms with Crippen molar-refractivity contribution >= 4 is 17.5 Å². The molecule has 2 heterocycles. The Labute approximate surface area is 169 Å². The van der Waals surface area contributed by atoms with Crippen molar-refractivity contribution in [2.24, 2.45) is 5.92 Å². The number of aromatic nitrogens is 2. The van der Waals surface area contributed by atoms with Gasteiger partial charge in [0.05, 0.1) is 5.92 Å². The minimum Gasteiger partial charge on any atom is -0.339 e. The number of anilines is 1. The Morgan fingerprint density at radius 1 is 1.24 bits per heavy atom. The number of nitrogens with zero attached hydrogens (tertiary/aromatic N) is 2. The van der Waals surface area contributed by atoms with Crippen molar-refractivity contribution in [1.82, 2.24) is 14.9 Å². The number of rotatable bonds is 5. The van der Waals surface area contributed by atoms with Crippen LogP contribution in [0.2, 0.25) is 0 Å². The van der Waals surface area contributed by atoms with Crippen molar-refractivity contribution in [1.29, 1.82) is 0 Å². The summed E-state index contributed by atoms with van der Waals surface area (Å²) in [6.07, 6.45) is 5.35. The minimum absolute atomic E-state index is 0.0870. The van der Waals surface area contributed by atoms with Crippen LogP contribution in [0.3, 0.4) is 0 Å². The molecular formula is C22H26N4O3. The van der Waals surface area contributed by atoms with Gasteiger partial charge in [0.25, 0.3) is 5.56 Å². The summed E-state index contributed by atoms with van der Waals surface area (Å²) in [4.78, 5) is 46.1. The van der Waals surface area contributed by atoms with Crippen molar-refractivity contribution in [3.63, 3.8) is 0 Å². The zero-order valence-corrected chi connectivity index (χ0v) is 16.6. The summed E-state index contributed by atoms with van der Waals surface area (Å²) in [7, 11) is 0. The Morgan fingerprint density at radius 2 is 2.03 bits per heavy atom. The van der Waals surface area contributed by atoms with Gasteiger partial charge in [-0.3, -0.25) is 14.4 Å². The first-order valence-electron chi connectivity index (χ1n) is 10.3. The largest absolute Gasteiger partial charge is 0.339 e. The van der Waals surface area contributed by atoms with Crippen LogP contribution in [0.1, 0.15) is 44.7 Å². The van der Waals surface area contributed by atoms with E-state index in [1.165, 1.54) is 6.07 Å². The van der Waals surface area contributed by atoms with Gasteiger partial charge in [-0.1, -0.05) is 31.9 Å². The molecule has 0 bridgehead atoms. The number of hydrogen-bond donors (Lipinski definition) is 2. The van der Waals surface area contributed by atoms with E-state index in [0.29, 0.717) is 30.5 Å². The average molecular weight is 394 g/mol. The second kappa shape index (κ2) is 8.19. The van der Waals surface area contributed by atoms with Crippen LogP contribution in [0.25, 0.3) is 11.4 Å². The van der Waals surface area contributed by atoms with Crippen LogP contribution in [-0.2, 0) is 16.0 Å². The summed E-state index contributed by atoms with van der Waals surface area (Å²) in [5, 5.41) is 2.93. The van der Waals surface area contributed by atoms with E-state index in [1.807, 2.05) is 24.0 Å². The van der Waals surface area contributed by atoms with Crippen LogP contribution in [0.15, 0.2) is 35.1 Å². The molecule has 7 nitrogen and oxygen atoms in total. The average Bonchev–Trinajstić information content (AvgIpc) is 3.37. The molecule has 1 atom stereocenters. The van der Waals surface area contributed by atoms with Crippen LogP contribution < -0.4 is 10.9 Å². The molecule has 1 aliphatic heterocycles. The van der Waals surface area contributed by atoms with Crippen molar-refractivity contribution in [3.05, 3.63) is 46.4 Å². The monoisotopic (exact) mass is 394 g/mol. The van der Waals surface area contributed by atoms with Gasteiger partial charge in [-0.25, -0.2) is 4.98 Å². The Kier molecular flexibility index (Phi) is 5.47. The predicted molar refractivity (Wildman–Crippen MR) is 110 cm³/mol. The van der Waals surface area contributed by atoms with Gasteiger partial charge in [0.2, 0.25) is 11.8 Å². The maximum absolute atomic E-state index is 12.8. The lowest BCUT2D eigenvalue weighted by Gasteiger charge is -2.23. The SMILES string of the molecule is CCc1cc(=O)[nH]c(-c2cccc(NC(=O)C3CC(=O)N(C4CCCC4)C3)c2)n1. The van der Waals surface area contributed by atoms with Gasteiger partial charge in [0.1, 0.15) is 5.82 Å². The van der Waals surface area contributed by atoms with Gasteiger partial charge in [0.15, 0.2) is 0 Å². The van der Waals surface area contributed by atoms with Crippen molar-refractivity contribution < 1.29 is 9.59 Å². The van der Waals surface area contributed by atoms with E-state index in [2.05, 4.69) is 15.3 Å². The number of hydrogen-bond acceptors (Lipinski definition) is 4. The molecule has 0 radical (unpaired) electrons. The molecule has 2 amide bonds. The third-order valence-corrected chi connectivity index (χ3v) is 5.86. The number of carbonyl (C=O) groups is 2. The number of amides is 2. The van der Waals surface area contributed by atoms with Crippen LogP contribution >= 0.6 is 0 Å². The summed E-state index contributed by atoms with van der Waals surface area (Å²) >= 11 is 0. The first-order chi connectivity index (χ1) is 14.0. The lowest BCUT2D eigenvalue weighted by Crippen LogP contribution is -2.35. The van der Waals surface area contributed by atoms with E-state index in [4.69, 9.17) is 0 Å². The number of likely N-dealkylation sites (tertiary alicyclic amines) is 1. The van der Waals surface area contributed by atoms with E-state index in [-0.39, 0.29) is 29.7 Å². The Morgan fingerprint density at radius 3 is 2.79 bits per heavy atom. The molecule has 1 aliphatic carbocycles. The second-order valence-electron chi connectivity index (χ2n) is 7.89. The standard InChI is InChI=1S/C22H26N4O3/c1-2-16-12-19(27)25-21(23-16)14-6-5-7-17(10-14)24-22(29)15-11-20(28)26(13-15)18-8-3-4-9-18/h5-7,10,12,15,18H,2-4,8-9,11,13H2,1H3,(H,24,29)(H,23,25,27). The molecule has 1 aromatic heterocycles. The number of aromatic amines is 1. The fourth-order valence-corrected chi connectivity index (χ4v) is 4.29. The third kappa shape index (κ3) is 4.23. The highest BCUT2D eigenvalue weighted by atomic mass is 16.2. The Balaban J connectivity index is 1.47. The smallest absolute Gasteiger partial charge is 0.251 e. The molecule has 2 aromatic rings. The van der Waals surface area contributed by atoms with E-state index in [0.717, 1.165) is 36.9 Å². The van der Waals surface area contributed by atoms with Crippen molar-refractivity contribution in [3.8, 4) is 11.4 Å². The highest BCUT2D eigenvalue weighted by molar-refractivity contribution is 5.97.